The summed E-state index contributed by atoms with van der Waals surface area (Å²) in [6.45, 7) is 2.38. The molecule has 0 aliphatic heterocycles. The molecule has 0 spiro atoms. The first-order chi connectivity index (χ1) is 13.7. The molecule has 2 aromatic heterocycles. The van der Waals surface area contributed by atoms with E-state index in [9.17, 15) is 4.79 Å². The fourth-order valence-electron chi connectivity index (χ4n) is 2.63. The fourth-order valence-corrected chi connectivity index (χ4v) is 3.87. The first kappa shape index (κ1) is 18.3. The molecule has 0 atom stereocenters. The minimum Gasteiger partial charge on any atom is -0.487 e. The first-order valence-corrected chi connectivity index (χ1v) is 10.4. The van der Waals surface area contributed by atoms with Gasteiger partial charge in [-0.15, -0.1) is 22.7 Å². The van der Waals surface area contributed by atoms with Gasteiger partial charge in [0.25, 0.3) is 5.91 Å². The molecule has 1 amide bonds. The van der Waals surface area contributed by atoms with Gasteiger partial charge in [0, 0.05) is 33.8 Å². The van der Waals surface area contributed by atoms with Crippen molar-refractivity contribution in [1.82, 2.24) is 9.97 Å². The summed E-state index contributed by atoms with van der Waals surface area (Å²) < 4.78 is 5.72. The lowest BCUT2D eigenvalue weighted by molar-refractivity contribution is 0.102. The maximum atomic E-state index is 12.5. The number of aromatic nitrogens is 2. The van der Waals surface area contributed by atoms with Crippen molar-refractivity contribution < 1.29 is 9.53 Å². The molecule has 1 N–H and O–H groups in total. The van der Waals surface area contributed by atoms with E-state index in [1.54, 1.807) is 53.1 Å². The molecule has 0 bridgehead atoms. The number of ether oxygens (including phenoxy) is 1. The molecule has 7 heteroatoms. The lowest BCUT2D eigenvalue weighted by atomic mass is 10.1. The van der Waals surface area contributed by atoms with Crippen LogP contribution < -0.4 is 10.1 Å². The molecular weight excluding hydrogens is 390 g/mol. The quantitative estimate of drug-likeness (QED) is 0.464. The fraction of sp³-hybridized carbons (Fsp3) is 0.0952. The number of hydrogen-bond acceptors (Lipinski definition) is 6. The van der Waals surface area contributed by atoms with Crippen LogP contribution in [0.2, 0.25) is 0 Å². The summed E-state index contributed by atoms with van der Waals surface area (Å²) in [5, 5.41) is 8.78. The molecule has 0 aliphatic rings. The third-order valence-electron chi connectivity index (χ3n) is 3.97. The van der Waals surface area contributed by atoms with Crippen molar-refractivity contribution in [3.05, 3.63) is 81.8 Å². The van der Waals surface area contributed by atoms with E-state index in [0.29, 0.717) is 17.9 Å². The van der Waals surface area contributed by atoms with Gasteiger partial charge in [-0.3, -0.25) is 4.79 Å². The lowest BCUT2D eigenvalue weighted by Crippen LogP contribution is -2.11. The molecule has 0 saturated heterocycles. The van der Waals surface area contributed by atoms with Crippen LogP contribution in [0, 0.1) is 6.92 Å². The lowest BCUT2D eigenvalue weighted by Gasteiger charge is -2.08. The number of thiazole rings is 2. The minimum atomic E-state index is -0.169. The highest BCUT2D eigenvalue weighted by molar-refractivity contribution is 7.13. The predicted molar refractivity (Wildman–Crippen MR) is 113 cm³/mol. The van der Waals surface area contributed by atoms with Gasteiger partial charge in [-0.2, -0.15) is 0 Å². The highest BCUT2D eigenvalue weighted by Crippen LogP contribution is 2.25. The molecule has 0 unspecified atom stereocenters. The number of nitrogens with zero attached hydrogens (tertiary/aromatic N) is 2. The summed E-state index contributed by atoms with van der Waals surface area (Å²) in [7, 11) is 0. The second kappa shape index (κ2) is 8.33. The van der Waals surface area contributed by atoms with E-state index in [-0.39, 0.29) is 5.91 Å². The normalized spacial score (nSPS) is 10.6. The van der Waals surface area contributed by atoms with Gasteiger partial charge in [0.2, 0.25) is 0 Å². The van der Waals surface area contributed by atoms with Crippen molar-refractivity contribution in [2.45, 2.75) is 13.5 Å². The van der Waals surface area contributed by atoms with Gasteiger partial charge in [0.15, 0.2) is 0 Å². The third kappa shape index (κ3) is 4.44. The largest absolute Gasteiger partial charge is 0.487 e. The number of hydrogen-bond donors (Lipinski definition) is 1. The monoisotopic (exact) mass is 407 g/mol. The van der Waals surface area contributed by atoms with Crippen LogP contribution in [0.4, 0.5) is 5.69 Å². The molecule has 2 heterocycles. The zero-order valence-electron chi connectivity index (χ0n) is 15.1. The van der Waals surface area contributed by atoms with E-state index in [1.807, 2.05) is 41.9 Å². The van der Waals surface area contributed by atoms with Crippen LogP contribution in [0.3, 0.4) is 0 Å². The topological polar surface area (TPSA) is 64.1 Å². The standard InChI is InChI=1S/C21H17N3O2S2/c1-14-23-18(13-28-14)12-26-19-7-5-15(6-8-19)20(25)24-17-4-2-3-16(11-17)21-22-9-10-27-21/h2-11,13H,12H2,1H3,(H,24,25). The van der Waals surface area contributed by atoms with Gasteiger partial charge < -0.3 is 10.1 Å². The van der Waals surface area contributed by atoms with Gasteiger partial charge in [0.1, 0.15) is 17.4 Å². The Bertz CT molecular complexity index is 1070. The van der Waals surface area contributed by atoms with Gasteiger partial charge in [-0.1, -0.05) is 12.1 Å². The molecule has 140 valence electrons. The van der Waals surface area contributed by atoms with E-state index >= 15 is 0 Å². The van der Waals surface area contributed by atoms with Crippen molar-refractivity contribution in [1.29, 1.82) is 0 Å². The summed E-state index contributed by atoms with van der Waals surface area (Å²) >= 11 is 3.16. The molecule has 5 nitrogen and oxygen atoms in total. The van der Waals surface area contributed by atoms with Gasteiger partial charge in [-0.25, -0.2) is 9.97 Å². The SMILES string of the molecule is Cc1nc(COc2ccc(C(=O)Nc3cccc(-c4nccs4)c3)cc2)cs1. The Morgan fingerprint density at radius 1 is 1.14 bits per heavy atom. The number of anilines is 1. The van der Waals surface area contributed by atoms with Gasteiger partial charge >= 0.3 is 0 Å². The Labute approximate surface area is 170 Å². The molecule has 0 radical (unpaired) electrons. The zero-order chi connectivity index (χ0) is 19.3. The van der Waals surface area contributed by atoms with Gasteiger partial charge in [-0.05, 0) is 43.3 Å². The molecule has 0 fully saturated rings. The van der Waals surface area contributed by atoms with E-state index in [1.165, 1.54) is 0 Å². The number of carbonyl (C=O) groups excluding carboxylic acids is 1. The summed E-state index contributed by atoms with van der Waals surface area (Å²) in [6, 6.07) is 14.8. The number of aryl methyl sites for hydroxylation is 1. The summed E-state index contributed by atoms with van der Waals surface area (Å²) in [6.07, 6.45) is 1.77. The number of amides is 1. The molecular formula is C21H17N3O2S2. The summed E-state index contributed by atoms with van der Waals surface area (Å²) in [5.74, 6) is 0.533. The average Bonchev–Trinajstić information content (AvgIpc) is 3.39. The highest BCUT2D eigenvalue weighted by Gasteiger charge is 2.08. The number of benzene rings is 2. The van der Waals surface area contributed by atoms with E-state index in [4.69, 9.17) is 4.74 Å². The maximum absolute atomic E-state index is 12.5. The van der Waals surface area contributed by atoms with Crippen LogP contribution >= 0.6 is 22.7 Å². The third-order valence-corrected chi connectivity index (χ3v) is 5.61. The summed E-state index contributed by atoms with van der Waals surface area (Å²) in [5.41, 5.74) is 3.19. The highest BCUT2D eigenvalue weighted by atomic mass is 32.1. The Balaban J connectivity index is 1.39. The Morgan fingerprint density at radius 2 is 2.00 bits per heavy atom. The zero-order valence-corrected chi connectivity index (χ0v) is 16.7. The Kier molecular flexibility index (Phi) is 5.45. The minimum absolute atomic E-state index is 0.169. The number of nitrogens with one attached hydrogen (secondary N) is 1. The molecule has 2 aromatic carbocycles. The predicted octanol–water partition coefficient (Wildman–Crippen LogP) is 5.41. The van der Waals surface area contributed by atoms with Crippen LogP contribution in [0.15, 0.2) is 65.5 Å². The van der Waals surface area contributed by atoms with E-state index in [0.717, 1.165) is 27.0 Å². The van der Waals surface area contributed by atoms with Crippen molar-refractivity contribution in [2.24, 2.45) is 0 Å². The number of rotatable bonds is 6. The van der Waals surface area contributed by atoms with Crippen LogP contribution in [0.1, 0.15) is 21.1 Å². The van der Waals surface area contributed by atoms with Crippen LogP contribution in [0.25, 0.3) is 10.6 Å². The second-order valence-electron chi connectivity index (χ2n) is 6.04. The molecule has 4 rings (SSSR count). The molecule has 0 saturated carbocycles. The molecule has 4 aromatic rings. The maximum Gasteiger partial charge on any atom is 0.255 e. The first-order valence-electron chi connectivity index (χ1n) is 8.62. The van der Waals surface area contributed by atoms with E-state index in [2.05, 4.69) is 15.3 Å². The Hall–Kier alpha value is -3.03. The van der Waals surface area contributed by atoms with Crippen molar-refractivity contribution in [3.8, 4) is 16.3 Å². The smallest absolute Gasteiger partial charge is 0.255 e. The van der Waals surface area contributed by atoms with Crippen molar-refractivity contribution in [3.63, 3.8) is 0 Å². The van der Waals surface area contributed by atoms with Crippen molar-refractivity contribution >= 4 is 34.3 Å². The molecule has 0 aliphatic carbocycles. The second-order valence-corrected chi connectivity index (χ2v) is 8.00. The van der Waals surface area contributed by atoms with Crippen molar-refractivity contribution in [2.75, 3.05) is 5.32 Å². The van der Waals surface area contributed by atoms with E-state index < -0.39 is 0 Å². The summed E-state index contributed by atoms with van der Waals surface area (Å²) in [4.78, 5) is 21.2. The van der Waals surface area contributed by atoms with Crippen LogP contribution in [-0.2, 0) is 6.61 Å². The molecule has 28 heavy (non-hydrogen) atoms. The van der Waals surface area contributed by atoms with Gasteiger partial charge in [0.05, 0.1) is 10.7 Å². The average molecular weight is 408 g/mol. The van der Waals surface area contributed by atoms with Crippen LogP contribution in [0.5, 0.6) is 5.75 Å². The Morgan fingerprint density at radius 3 is 2.71 bits per heavy atom. The number of carbonyl (C=O) groups is 1. The van der Waals surface area contributed by atoms with Crippen LogP contribution in [-0.4, -0.2) is 15.9 Å².